The summed E-state index contributed by atoms with van der Waals surface area (Å²) in [6.07, 6.45) is -4.15. The van der Waals surface area contributed by atoms with Gasteiger partial charge in [-0.2, -0.15) is 13.2 Å². The van der Waals surface area contributed by atoms with Crippen molar-refractivity contribution in [1.29, 1.82) is 0 Å². The summed E-state index contributed by atoms with van der Waals surface area (Å²) in [5, 5.41) is 8.71. The number of carbonyl (C=O) groups is 2. The second-order valence-electron chi connectivity index (χ2n) is 4.05. The van der Waals surface area contributed by atoms with Gasteiger partial charge in [0.25, 0.3) is 0 Å². The third-order valence-corrected chi connectivity index (χ3v) is 2.01. The van der Waals surface area contributed by atoms with Gasteiger partial charge in [-0.25, -0.2) is 4.79 Å². The van der Waals surface area contributed by atoms with Gasteiger partial charge >= 0.3 is 18.1 Å². The lowest BCUT2D eigenvalue weighted by atomic mass is 10.1. The molecule has 1 aromatic rings. The third kappa shape index (κ3) is 7.37. The predicted molar refractivity (Wildman–Crippen MR) is 66.0 cm³/mol. The van der Waals surface area contributed by atoms with Gasteiger partial charge < -0.3 is 16.6 Å². The first-order valence-electron chi connectivity index (χ1n) is 5.48. The second-order valence-corrected chi connectivity index (χ2v) is 4.05. The number of hydrogen-bond acceptors (Lipinski definition) is 3. The fraction of sp³-hybridized carbons (Fsp3) is 0.333. The van der Waals surface area contributed by atoms with Crippen molar-refractivity contribution in [2.45, 2.75) is 25.6 Å². The van der Waals surface area contributed by atoms with Crippen molar-refractivity contribution in [2.24, 2.45) is 11.5 Å². The van der Waals surface area contributed by atoms with E-state index in [1.807, 2.05) is 13.0 Å². The van der Waals surface area contributed by atoms with E-state index in [2.05, 4.69) is 5.73 Å². The van der Waals surface area contributed by atoms with E-state index in [-0.39, 0.29) is 6.04 Å². The van der Waals surface area contributed by atoms with Gasteiger partial charge in [-0.3, -0.25) is 4.79 Å². The smallest absolute Gasteiger partial charge is 0.470 e. The lowest BCUT2D eigenvalue weighted by Crippen LogP contribution is -2.30. The Morgan fingerprint density at radius 3 is 2.20 bits per heavy atom. The Balaban J connectivity index is 0.000000441. The summed E-state index contributed by atoms with van der Waals surface area (Å²) in [5.74, 6) is -3.15. The van der Waals surface area contributed by atoms with Gasteiger partial charge in [-0.1, -0.05) is 12.1 Å². The Bertz CT molecular complexity index is 473. The molecule has 0 heterocycles. The van der Waals surface area contributed by atoms with Crippen LogP contribution in [0.3, 0.4) is 0 Å². The highest BCUT2D eigenvalue weighted by Gasteiger charge is 2.35. The zero-order valence-corrected chi connectivity index (χ0v) is 10.6. The number of benzene rings is 1. The van der Waals surface area contributed by atoms with E-state index in [0.717, 1.165) is 5.56 Å². The van der Waals surface area contributed by atoms with E-state index in [1.165, 1.54) is 0 Å². The van der Waals surface area contributed by atoms with Crippen LogP contribution in [0.1, 0.15) is 22.8 Å². The van der Waals surface area contributed by atoms with Crippen LogP contribution in [-0.2, 0) is 11.2 Å². The van der Waals surface area contributed by atoms with Gasteiger partial charge in [0.05, 0.1) is 5.56 Å². The number of carboxylic acids is 1. The molecule has 0 aliphatic rings. The Kier molecular flexibility index (Phi) is 6.70. The minimum absolute atomic E-state index is 0.0593. The summed E-state index contributed by atoms with van der Waals surface area (Å²) in [6.45, 7) is 1.90. The number of carboxylic acid groups (broad SMARTS) is 1. The topological polar surface area (TPSA) is 106 Å². The van der Waals surface area contributed by atoms with E-state index in [0.29, 0.717) is 12.0 Å². The minimum Gasteiger partial charge on any atom is -0.478 e. The summed E-state index contributed by atoms with van der Waals surface area (Å²) in [5.41, 5.74) is 10.7. The molecule has 8 heteroatoms. The number of carbonyl (C=O) groups excluding carboxylic acids is 1. The van der Waals surface area contributed by atoms with Crippen LogP contribution in [0.2, 0.25) is 0 Å². The molecular weight excluding hydrogens is 277 g/mol. The lowest BCUT2D eigenvalue weighted by molar-refractivity contribution is -0.169. The SMILES string of the molecule is CC(N)Cc1cccc(C(=O)O)c1.NC(=O)C(F)(F)F. The molecule has 5 N–H and O–H groups in total. The Morgan fingerprint density at radius 2 is 1.85 bits per heavy atom. The molecule has 1 unspecified atom stereocenters. The molecule has 1 rings (SSSR count). The molecule has 0 aromatic heterocycles. The van der Waals surface area contributed by atoms with Crippen LogP contribution in [-0.4, -0.2) is 29.2 Å². The van der Waals surface area contributed by atoms with Crippen LogP contribution in [0.4, 0.5) is 13.2 Å². The number of alkyl halides is 3. The van der Waals surface area contributed by atoms with E-state index in [4.69, 9.17) is 15.6 Å². The Hall–Kier alpha value is -2.09. The van der Waals surface area contributed by atoms with Crippen molar-refractivity contribution in [3.8, 4) is 0 Å². The van der Waals surface area contributed by atoms with Gasteiger partial charge in [0.1, 0.15) is 0 Å². The van der Waals surface area contributed by atoms with E-state index < -0.39 is 18.1 Å². The molecule has 0 aliphatic carbocycles. The van der Waals surface area contributed by atoms with Crippen molar-refractivity contribution in [2.75, 3.05) is 0 Å². The quantitative estimate of drug-likeness (QED) is 0.780. The zero-order chi connectivity index (χ0) is 15.9. The first-order valence-corrected chi connectivity index (χ1v) is 5.48. The molecule has 0 fully saturated rings. The van der Waals surface area contributed by atoms with Crippen molar-refractivity contribution in [1.82, 2.24) is 0 Å². The maximum atomic E-state index is 10.7. The van der Waals surface area contributed by atoms with Crippen LogP contribution in [0.5, 0.6) is 0 Å². The predicted octanol–water partition coefficient (Wildman–Crippen LogP) is 1.31. The van der Waals surface area contributed by atoms with Crippen molar-refractivity contribution >= 4 is 11.9 Å². The maximum Gasteiger partial charge on any atom is 0.470 e. The molecular formula is C12H15F3N2O3. The van der Waals surface area contributed by atoms with Crippen LogP contribution in [0.25, 0.3) is 0 Å². The van der Waals surface area contributed by atoms with Crippen LogP contribution in [0.15, 0.2) is 24.3 Å². The summed E-state index contributed by atoms with van der Waals surface area (Å²) in [7, 11) is 0. The van der Waals surface area contributed by atoms with Crippen LogP contribution in [0, 0.1) is 0 Å². The minimum atomic E-state index is -4.86. The fourth-order valence-corrected chi connectivity index (χ4v) is 1.20. The summed E-state index contributed by atoms with van der Waals surface area (Å²) in [6, 6.07) is 6.92. The lowest BCUT2D eigenvalue weighted by Gasteiger charge is -2.05. The number of halogens is 3. The molecule has 1 aromatic carbocycles. The van der Waals surface area contributed by atoms with Crippen LogP contribution < -0.4 is 11.5 Å². The molecule has 112 valence electrons. The van der Waals surface area contributed by atoms with Gasteiger partial charge in [0, 0.05) is 6.04 Å². The monoisotopic (exact) mass is 292 g/mol. The Morgan fingerprint density at radius 1 is 1.35 bits per heavy atom. The van der Waals surface area contributed by atoms with Gasteiger partial charge in [-0.05, 0) is 31.0 Å². The number of rotatable bonds is 3. The number of hydrogen-bond donors (Lipinski definition) is 3. The molecule has 0 saturated heterocycles. The molecule has 1 atom stereocenters. The molecule has 1 amide bonds. The molecule has 0 aliphatic heterocycles. The number of nitrogens with two attached hydrogens (primary N) is 2. The molecule has 20 heavy (non-hydrogen) atoms. The summed E-state index contributed by atoms with van der Waals surface area (Å²) >= 11 is 0. The zero-order valence-electron chi connectivity index (χ0n) is 10.6. The molecule has 0 spiro atoms. The van der Waals surface area contributed by atoms with Gasteiger partial charge in [0.2, 0.25) is 0 Å². The van der Waals surface area contributed by atoms with E-state index in [9.17, 15) is 18.0 Å². The third-order valence-electron chi connectivity index (χ3n) is 2.01. The van der Waals surface area contributed by atoms with Crippen molar-refractivity contribution in [3.05, 3.63) is 35.4 Å². The standard InChI is InChI=1S/C10H13NO2.C2H2F3NO/c1-7(11)5-8-3-2-4-9(6-8)10(12)13;3-2(4,5)1(6)7/h2-4,6-7H,5,11H2,1H3,(H,12,13);(H2,6,7). The van der Waals surface area contributed by atoms with E-state index >= 15 is 0 Å². The highest BCUT2D eigenvalue weighted by atomic mass is 19.4. The summed E-state index contributed by atoms with van der Waals surface area (Å²) < 4.78 is 32.1. The summed E-state index contributed by atoms with van der Waals surface area (Å²) in [4.78, 5) is 19.7. The van der Waals surface area contributed by atoms with Crippen molar-refractivity contribution < 1.29 is 27.9 Å². The second kappa shape index (κ2) is 7.49. The van der Waals surface area contributed by atoms with E-state index in [1.54, 1.807) is 18.2 Å². The molecule has 0 radical (unpaired) electrons. The van der Waals surface area contributed by atoms with Gasteiger partial charge in [0.15, 0.2) is 0 Å². The average molecular weight is 292 g/mol. The number of amides is 1. The Labute approximate surface area is 113 Å². The van der Waals surface area contributed by atoms with Crippen LogP contribution >= 0.6 is 0 Å². The first kappa shape index (κ1) is 17.9. The molecule has 5 nitrogen and oxygen atoms in total. The highest BCUT2D eigenvalue weighted by Crippen LogP contribution is 2.11. The number of primary amides is 1. The van der Waals surface area contributed by atoms with Gasteiger partial charge in [-0.15, -0.1) is 0 Å². The average Bonchev–Trinajstić information content (AvgIpc) is 2.27. The molecule has 0 saturated carbocycles. The fourth-order valence-electron chi connectivity index (χ4n) is 1.20. The molecule has 0 bridgehead atoms. The number of aromatic carboxylic acids is 1. The first-order chi connectivity index (χ1) is 9.04. The van der Waals surface area contributed by atoms with Crippen molar-refractivity contribution in [3.63, 3.8) is 0 Å². The largest absolute Gasteiger partial charge is 0.478 e. The maximum absolute atomic E-state index is 10.7. The highest BCUT2D eigenvalue weighted by molar-refractivity contribution is 5.87. The normalized spacial score (nSPS) is 12.1.